The summed E-state index contributed by atoms with van der Waals surface area (Å²) in [7, 11) is 0. The third-order valence-electron chi connectivity index (χ3n) is 1.75. The minimum absolute atomic E-state index is 0.679. The topological polar surface area (TPSA) is 56.7 Å². The Bertz CT molecular complexity index is 404. The zero-order valence-corrected chi connectivity index (χ0v) is 6.86. The minimum atomic E-state index is 0.679. The molecular weight excluding hydrogens is 152 g/mol. The number of nitrogen functional groups attached to an aromatic ring is 1. The Hall–Kier alpha value is -1.58. The summed E-state index contributed by atoms with van der Waals surface area (Å²) in [6, 6.07) is 1.88. The highest BCUT2D eigenvalue weighted by Crippen LogP contribution is 2.12. The van der Waals surface area contributed by atoms with E-state index < -0.39 is 0 Å². The number of nitrogens with zero attached hydrogens (tertiary/aromatic N) is 3. The Labute approximate surface area is 70.0 Å². The smallest absolute Gasteiger partial charge is 0.181 e. The molecule has 2 heterocycles. The zero-order valence-electron chi connectivity index (χ0n) is 6.86. The largest absolute Gasteiger partial charge is 0.397 e. The molecule has 4 heteroatoms. The lowest BCUT2D eigenvalue weighted by molar-refractivity contribution is 0.666. The van der Waals surface area contributed by atoms with Crippen molar-refractivity contribution in [2.45, 2.75) is 13.5 Å². The molecule has 0 spiro atoms. The Kier molecular flexibility index (Phi) is 1.46. The van der Waals surface area contributed by atoms with Crippen molar-refractivity contribution in [3.63, 3.8) is 0 Å². The van der Waals surface area contributed by atoms with Gasteiger partial charge in [0.25, 0.3) is 0 Å². The Balaban J connectivity index is 2.67. The predicted molar refractivity (Wildman–Crippen MR) is 47.6 cm³/mol. The van der Waals surface area contributed by atoms with Crippen molar-refractivity contribution < 1.29 is 0 Å². The second-order valence-corrected chi connectivity index (χ2v) is 2.67. The van der Waals surface area contributed by atoms with Gasteiger partial charge in [-0.25, -0.2) is 4.98 Å². The van der Waals surface area contributed by atoms with Gasteiger partial charge in [-0.1, -0.05) is 0 Å². The quantitative estimate of drug-likeness (QED) is 0.681. The monoisotopic (exact) mass is 162 g/mol. The average Bonchev–Trinajstić information content (AvgIpc) is 2.46. The molecule has 0 amide bonds. The van der Waals surface area contributed by atoms with Crippen LogP contribution in [-0.4, -0.2) is 14.8 Å². The maximum atomic E-state index is 5.58. The SMILES string of the molecule is CCn1cc2cc(N)cnc2n1. The molecule has 0 bridgehead atoms. The molecule has 0 aromatic carbocycles. The summed E-state index contributed by atoms with van der Waals surface area (Å²) in [5.41, 5.74) is 7.01. The Morgan fingerprint density at radius 2 is 2.42 bits per heavy atom. The minimum Gasteiger partial charge on any atom is -0.397 e. The molecule has 2 aromatic heterocycles. The van der Waals surface area contributed by atoms with Gasteiger partial charge >= 0.3 is 0 Å². The summed E-state index contributed by atoms with van der Waals surface area (Å²) in [4.78, 5) is 4.09. The van der Waals surface area contributed by atoms with Crippen LogP contribution in [0.4, 0.5) is 5.69 Å². The van der Waals surface area contributed by atoms with Crippen molar-refractivity contribution in [2.75, 3.05) is 5.73 Å². The molecule has 0 fully saturated rings. The molecule has 2 N–H and O–H groups in total. The van der Waals surface area contributed by atoms with E-state index in [0.29, 0.717) is 5.69 Å². The summed E-state index contributed by atoms with van der Waals surface area (Å²) in [6.45, 7) is 2.89. The van der Waals surface area contributed by atoms with Crippen molar-refractivity contribution in [3.05, 3.63) is 18.5 Å². The maximum Gasteiger partial charge on any atom is 0.181 e. The summed E-state index contributed by atoms with van der Waals surface area (Å²) in [5.74, 6) is 0. The fourth-order valence-electron chi connectivity index (χ4n) is 1.14. The number of hydrogen-bond donors (Lipinski definition) is 1. The van der Waals surface area contributed by atoms with E-state index in [1.54, 1.807) is 6.20 Å². The van der Waals surface area contributed by atoms with Crippen molar-refractivity contribution >= 4 is 16.7 Å². The standard InChI is InChI=1S/C8H10N4/c1-2-12-5-6-3-7(9)4-10-8(6)11-12/h3-5H,2,9H2,1H3. The van der Waals surface area contributed by atoms with Crippen molar-refractivity contribution in [2.24, 2.45) is 0 Å². The molecule has 0 atom stereocenters. The zero-order chi connectivity index (χ0) is 8.55. The highest BCUT2D eigenvalue weighted by atomic mass is 15.3. The molecule has 0 saturated carbocycles. The van der Waals surface area contributed by atoms with E-state index in [9.17, 15) is 0 Å². The fraction of sp³-hybridized carbons (Fsp3) is 0.250. The van der Waals surface area contributed by atoms with Crippen LogP contribution in [0.1, 0.15) is 6.92 Å². The Morgan fingerprint density at radius 3 is 3.17 bits per heavy atom. The molecule has 4 nitrogen and oxygen atoms in total. The lowest BCUT2D eigenvalue weighted by Crippen LogP contribution is -1.92. The second-order valence-electron chi connectivity index (χ2n) is 2.67. The van der Waals surface area contributed by atoms with Crippen molar-refractivity contribution in [3.8, 4) is 0 Å². The van der Waals surface area contributed by atoms with E-state index in [0.717, 1.165) is 17.6 Å². The second kappa shape index (κ2) is 2.48. The number of aromatic nitrogens is 3. The third kappa shape index (κ3) is 1.01. The van der Waals surface area contributed by atoms with Crippen LogP contribution in [0.25, 0.3) is 11.0 Å². The van der Waals surface area contributed by atoms with Crippen LogP contribution in [-0.2, 0) is 6.54 Å². The molecule has 0 radical (unpaired) electrons. The molecule has 12 heavy (non-hydrogen) atoms. The molecule has 0 unspecified atom stereocenters. The number of hydrogen-bond acceptors (Lipinski definition) is 3. The van der Waals surface area contributed by atoms with E-state index >= 15 is 0 Å². The van der Waals surface area contributed by atoms with Gasteiger partial charge in [-0.05, 0) is 13.0 Å². The Morgan fingerprint density at radius 1 is 1.58 bits per heavy atom. The van der Waals surface area contributed by atoms with Gasteiger partial charge < -0.3 is 5.73 Å². The number of nitrogens with two attached hydrogens (primary N) is 1. The van der Waals surface area contributed by atoms with E-state index in [2.05, 4.69) is 10.1 Å². The highest BCUT2D eigenvalue weighted by molar-refractivity contribution is 5.76. The van der Waals surface area contributed by atoms with Gasteiger partial charge in [0.2, 0.25) is 0 Å². The lowest BCUT2D eigenvalue weighted by atomic mass is 10.3. The van der Waals surface area contributed by atoms with Crippen LogP contribution >= 0.6 is 0 Å². The van der Waals surface area contributed by atoms with Crippen LogP contribution in [0.2, 0.25) is 0 Å². The van der Waals surface area contributed by atoms with Crippen molar-refractivity contribution in [1.82, 2.24) is 14.8 Å². The van der Waals surface area contributed by atoms with Gasteiger partial charge in [-0.15, -0.1) is 0 Å². The summed E-state index contributed by atoms with van der Waals surface area (Å²) < 4.78 is 1.84. The van der Waals surface area contributed by atoms with Gasteiger partial charge in [0.1, 0.15) is 0 Å². The number of fused-ring (bicyclic) bond motifs is 1. The number of anilines is 1. The van der Waals surface area contributed by atoms with Crippen LogP contribution < -0.4 is 5.73 Å². The van der Waals surface area contributed by atoms with Crippen LogP contribution in [0.15, 0.2) is 18.5 Å². The first kappa shape index (κ1) is 7.09. The van der Waals surface area contributed by atoms with Gasteiger partial charge in [-0.2, -0.15) is 5.10 Å². The first-order valence-electron chi connectivity index (χ1n) is 3.88. The first-order valence-corrected chi connectivity index (χ1v) is 3.88. The number of aryl methyl sites for hydroxylation is 1. The third-order valence-corrected chi connectivity index (χ3v) is 1.75. The molecule has 0 aliphatic rings. The molecule has 2 rings (SSSR count). The van der Waals surface area contributed by atoms with E-state index in [1.807, 2.05) is 23.9 Å². The fourth-order valence-corrected chi connectivity index (χ4v) is 1.14. The van der Waals surface area contributed by atoms with Crippen LogP contribution in [0.3, 0.4) is 0 Å². The molecule has 0 aliphatic heterocycles. The highest BCUT2D eigenvalue weighted by Gasteiger charge is 1.99. The molecule has 0 saturated heterocycles. The molecular formula is C8H10N4. The average molecular weight is 162 g/mol. The molecule has 62 valence electrons. The number of rotatable bonds is 1. The maximum absolute atomic E-state index is 5.58. The number of pyridine rings is 1. The summed E-state index contributed by atoms with van der Waals surface area (Å²) in [5, 5.41) is 5.22. The summed E-state index contributed by atoms with van der Waals surface area (Å²) in [6.07, 6.45) is 3.56. The van der Waals surface area contributed by atoms with E-state index in [-0.39, 0.29) is 0 Å². The predicted octanol–water partition coefficient (Wildman–Crippen LogP) is 1.03. The molecule has 2 aromatic rings. The van der Waals surface area contributed by atoms with Crippen LogP contribution in [0.5, 0.6) is 0 Å². The van der Waals surface area contributed by atoms with E-state index in [1.165, 1.54) is 0 Å². The van der Waals surface area contributed by atoms with Gasteiger partial charge in [0.05, 0.1) is 11.9 Å². The van der Waals surface area contributed by atoms with Gasteiger partial charge in [0, 0.05) is 18.1 Å². The normalized spacial score (nSPS) is 10.8. The summed E-state index contributed by atoms with van der Waals surface area (Å²) >= 11 is 0. The van der Waals surface area contributed by atoms with Gasteiger partial charge in [-0.3, -0.25) is 4.68 Å². The molecule has 0 aliphatic carbocycles. The van der Waals surface area contributed by atoms with Crippen molar-refractivity contribution in [1.29, 1.82) is 0 Å². The lowest BCUT2D eigenvalue weighted by Gasteiger charge is -1.88. The van der Waals surface area contributed by atoms with E-state index in [4.69, 9.17) is 5.73 Å². The first-order chi connectivity index (χ1) is 5.79. The van der Waals surface area contributed by atoms with Gasteiger partial charge in [0.15, 0.2) is 5.65 Å². The van der Waals surface area contributed by atoms with Crippen LogP contribution in [0, 0.1) is 0 Å².